The molecule has 9 heteroatoms. The van der Waals surface area contributed by atoms with Crippen LogP contribution in [0.2, 0.25) is 0 Å². The first kappa shape index (κ1) is 88.6. The summed E-state index contributed by atoms with van der Waals surface area (Å²) >= 11 is 0. The average molecular weight is 1350 g/mol. The zero-order valence-electron chi connectivity index (χ0n) is 64.8. The highest BCUT2D eigenvalue weighted by molar-refractivity contribution is 5.74. The van der Waals surface area contributed by atoms with Crippen molar-refractivity contribution in [1.82, 2.24) is 10.6 Å². The summed E-state index contributed by atoms with van der Waals surface area (Å²) in [7, 11) is 0. The van der Waals surface area contributed by atoms with Crippen molar-refractivity contribution in [3.8, 4) is 34.5 Å². The Kier molecular flexibility index (Phi) is 64.6. The molecule has 2 aromatic carbocycles. The summed E-state index contributed by atoms with van der Waals surface area (Å²) in [5, 5.41) is 6.45. The Balaban J connectivity index is 2.36. The van der Waals surface area contributed by atoms with Gasteiger partial charge >= 0.3 is 6.03 Å². The molecule has 2 rings (SSSR count). The fourth-order valence-corrected chi connectivity index (χ4v) is 13.2. The number of ether oxygens (including phenoxy) is 6. The highest BCUT2D eigenvalue weighted by Crippen LogP contribution is 2.41. The maximum absolute atomic E-state index is 14.1. The summed E-state index contributed by atoms with van der Waals surface area (Å²) in [6, 6.07) is 8.11. The average Bonchev–Trinajstić information content (AvgIpc) is 0.881. The highest BCUT2D eigenvalue weighted by atomic mass is 16.5. The van der Waals surface area contributed by atoms with Crippen molar-refractivity contribution in [3.05, 3.63) is 35.4 Å². The predicted octanol–water partition coefficient (Wildman–Crippen LogP) is 28.5. The summed E-state index contributed by atoms with van der Waals surface area (Å²) in [6.07, 6.45) is 76.6. The van der Waals surface area contributed by atoms with E-state index in [-0.39, 0.29) is 6.03 Å². The van der Waals surface area contributed by atoms with E-state index in [9.17, 15) is 4.79 Å². The summed E-state index contributed by atoms with van der Waals surface area (Å²) in [5.41, 5.74) is 1.86. The Labute approximate surface area is 596 Å². The van der Waals surface area contributed by atoms with Crippen LogP contribution in [0.25, 0.3) is 0 Å². The lowest BCUT2D eigenvalue weighted by Crippen LogP contribution is -2.34. The van der Waals surface area contributed by atoms with Crippen LogP contribution in [0.4, 0.5) is 4.79 Å². The Morgan fingerprint density at radius 1 is 0.219 bits per heavy atom. The number of hydrogen-bond donors (Lipinski definition) is 2. The molecule has 2 N–H and O–H groups in total. The Hall–Kier alpha value is -3.49. The van der Waals surface area contributed by atoms with Crippen LogP contribution in [0.3, 0.4) is 0 Å². The molecule has 0 aromatic heterocycles. The number of carbonyl (C=O) groups excluding carboxylic acids is 1. The number of urea groups is 1. The summed E-state index contributed by atoms with van der Waals surface area (Å²) in [4.78, 5) is 14.1. The Morgan fingerprint density at radius 3 is 0.531 bits per heavy atom. The second-order valence-corrected chi connectivity index (χ2v) is 29.1. The van der Waals surface area contributed by atoms with Crippen LogP contribution in [0.5, 0.6) is 34.5 Å². The van der Waals surface area contributed by atoms with Gasteiger partial charge < -0.3 is 39.1 Å². The molecule has 0 atom stereocenters. The first-order chi connectivity index (χ1) is 47.5. The van der Waals surface area contributed by atoms with Crippen molar-refractivity contribution < 1.29 is 33.2 Å². The van der Waals surface area contributed by atoms with Gasteiger partial charge in [-0.3, -0.25) is 0 Å². The van der Waals surface area contributed by atoms with Crippen molar-refractivity contribution in [2.24, 2.45) is 0 Å². The molecule has 560 valence electrons. The van der Waals surface area contributed by atoms with Crippen LogP contribution in [0.1, 0.15) is 438 Å². The molecule has 0 spiro atoms. The van der Waals surface area contributed by atoms with Crippen LogP contribution in [0, 0.1) is 0 Å². The number of benzene rings is 2. The minimum Gasteiger partial charge on any atom is -0.490 e. The van der Waals surface area contributed by atoms with Gasteiger partial charge in [0.05, 0.1) is 39.6 Å². The SMILES string of the molecule is CCCCCCCCCCCCOc1cc(CNC(=O)NCc2cc(OCCCCCCCCCCCC)c(OCCCCCCCCCCCC)c(OCCCCCCCCCCCC)c2)cc(OCCCCCCCCCCCC)c1OCCCCCCCCCCCC. The molecule has 0 aliphatic heterocycles. The van der Waals surface area contributed by atoms with Gasteiger partial charge in [-0.05, 0) is 73.9 Å². The lowest BCUT2D eigenvalue weighted by atomic mass is 10.1. The molecule has 0 fully saturated rings. The maximum atomic E-state index is 14.1. The predicted molar refractivity (Wildman–Crippen MR) is 416 cm³/mol. The third kappa shape index (κ3) is 53.4. The maximum Gasteiger partial charge on any atom is 0.315 e. The van der Waals surface area contributed by atoms with E-state index in [1.54, 1.807) is 0 Å². The third-order valence-corrected chi connectivity index (χ3v) is 19.6. The van der Waals surface area contributed by atoms with E-state index in [1.165, 1.54) is 308 Å². The number of rotatable bonds is 76. The van der Waals surface area contributed by atoms with Gasteiger partial charge in [-0.2, -0.15) is 0 Å². The summed E-state index contributed by atoms with van der Waals surface area (Å²) in [5.74, 6) is 4.32. The molecule has 9 nitrogen and oxygen atoms in total. The fraction of sp³-hybridized carbons (Fsp3) is 0.851. The molecular formula is C87H160N2O7. The van der Waals surface area contributed by atoms with E-state index < -0.39 is 0 Å². The molecule has 0 unspecified atom stereocenters. The molecule has 0 saturated heterocycles. The van der Waals surface area contributed by atoms with E-state index in [0.717, 1.165) is 111 Å². The van der Waals surface area contributed by atoms with Crippen molar-refractivity contribution in [1.29, 1.82) is 0 Å². The lowest BCUT2D eigenvalue weighted by molar-refractivity contribution is 0.232. The highest BCUT2D eigenvalue weighted by Gasteiger charge is 2.20. The van der Waals surface area contributed by atoms with E-state index in [2.05, 4.69) is 76.4 Å². The fourth-order valence-electron chi connectivity index (χ4n) is 13.2. The molecule has 0 aliphatic rings. The van der Waals surface area contributed by atoms with Gasteiger partial charge in [0.1, 0.15) is 0 Å². The van der Waals surface area contributed by atoms with Crippen LogP contribution in [0.15, 0.2) is 24.3 Å². The van der Waals surface area contributed by atoms with Crippen molar-refractivity contribution in [2.75, 3.05) is 39.6 Å². The topological polar surface area (TPSA) is 96.5 Å². The monoisotopic (exact) mass is 1350 g/mol. The number of nitrogens with one attached hydrogen (secondary N) is 2. The molecular weight excluding hydrogens is 1180 g/mol. The molecule has 96 heavy (non-hydrogen) atoms. The summed E-state index contributed by atoms with van der Waals surface area (Å²) < 4.78 is 40.4. The second kappa shape index (κ2) is 70.0. The smallest absolute Gasteiger partial charge is 0.315 e. The van der Waals surface area contributed by atoms with Crippen LogP contribution in [-0.4, -0.2) is 45.7 Å². The van der Waals surface area contributed by atoms with E-state index in [4.69, 9.17) is 28.4 Å². The van der Waals surface area contributed by atoms with E-state index in [1.807, 2.05) is 0 Å². The molecule has 2 aromatic rings. The van der Waals surface area contributed by atoms with Crippen LogP contribution >= 0.6 is 0 Å². The second-order valence-electron chi connectivity index (χ2n) is 29.1. The van der Waals surface area contributed by atoms with Crippen LogP contribution < -0.4 is 39.1 Å². The van der Waals surface area contributed by atoms with Crippen molar-refractivity contribution >= 4 is 6.03 Å². The van der Waals surface area contributed by atoms with Gasteiger partial charge in [-0.15, -0.1) is 0 Å². The van der Waals surface area contributed by atoms with Crippen LogP contribution in [-0.2, 0) is 13.1 Å². The Bertz CT molecular complexity index is 1730. The largest absolute Gasteiger partial charge is 0.490 e. The zero-order valence-corrected chi connectivity index (χ0v) is 64.8. The van der Waals surface area contributed by atoms with Gasteiger partial charge in [0.15, 0.2) is 23.0 Å². The number of carbonyl (C=O) groups is 1. The molecule has 0 radical (unpaired) electrons. The molecule has 0 aliphatic carbocycles. The van der Waals surface area contributed by atoms with Gasteiger partial charge in [0, 0.05) is 13.1 Å². The Morgan fingerprint density at radius 2 is 0.365 bits per heavy atom. The summed E-state index contributed by atoms with van der Waals surface area (Å²) in [6.45, 7) is 18.2. The number of unbranched alkanes of at least 4 members (excludes halogenated alkanes) is 54. The minimum absolute atomic E-state index is 0.237. The molecule has 0 heterocycles. The number of amides is 2. The zero-order chi connectivity index (χ0) is 68.8. The molecule has 0 saturated carbocycles. The molecule has 0 bridgehead atoms. The first-order valence-corrected chi connectivity index (χ1v) is 42.6. The standard InChI is InChI=1S/C87H160N2O7/c1-7-13-19-25-31-37-43-49-55-61-67-91-81-73-79(74-82(92-68-62-56-50-44-38-32-26-20-14-8-2)85(81)95-71-65-59-53-47-41-35-29-23-17-11-5)77-88-87(90)89-78-80-75-83(93-69-63-57-51-45-39-33-27-21-15-9-3)86(96-72-66-60-54-48-42-36-30-24-18-12-6)84(76-80)94-70-64-58-52-46-40-34-28-22-16-10-4/h73-76H,7-72,77-78H2,1-6H3,(H2,88,89,90). The molecule has 2 amide bonds. The normalized spacial score (nSPS) is 11.4. The minimum atomic E-state index is -0.237. The van der Waals surface area contributed by atoms with Crippen molar-refractivity contribution in [3.63, 3.8) is 0 Å². The van der Waals surface area contributed by atoms with Gasteiger partial charge in [-0.25, -0.2) is 4.79 Å². The van der Waals surface area contributed by atoms with Gasteiger partial charge in [-0.1, -0.05) is 388 Å². The van der Waals surface area contributed by atoms with E-state index >= 15 is 0 Å². The van der Waals surface area contributed by atoms with Crippen molar-refractivity contribution in [2.45, 2.75) is 440 Å². The third-order valence-electron chi connectivity index (χ3n) is 19.6. The first-order valence-electron chi connectivity index (χ1n) is 42.6. The van der Waals surface area contributed by atoms with Gasteiger partial charge in [0.25, 0.3) is 0 Å². The quantitative estimate of drug-likeness (QED) is 0.0637. The number of hydrogen-bond acceptors (Lipinski definition) is 7. The van der Waals surface area contributed by atoms with Gasteiger partial charge in [0.2, 0.25) is 11.5 Å². The van der Waals surface area contributed by atoms with E-state index in [0.29, 0.717) is 64.2 Å². The lowest BCUT2D eigenvalue weighted by Gasteiger charge is -2.20.